The third-order valence-corrected chi connectivity index (χ3v) is 4.43. The van der Waals surface area contributed by atoms with E-state index < -0.39 is 9.84 Å². The van der Waals surface area contributed by atoms with E-state index in [0.717, 1.165) is 0 Å². The molecule has 1 aliphatic heterocycles. The third kappa shape index (κ3) is 2.63. The summed E-state index contributed by atoms with van der Waals surface area (Å²) in [7, 11) is -1.28. The Morgan fingerprint density at radius 3 is 2.50 bits per heavy atom. The molecule has 14 heavy (non-hydrogen) atoms. The summed E-state index contributed by atoms with van der Waals surface area (Å²) in [6.45, 7) is 1.69. The normalized spacial score (nSPS) is 27.2. The van der Waals surface area contributed by atoms with E-state index in [1.54, 1.807) is 14.0 Å². The average Bonchev–Trinajstić information content (AvgIpc) is 2.43. The van der Waals surface area contributed by atoms with Crippen LogP contribution in [0.5, 0.6) is 0 Å². The molecule has 0 radical (unpaired) electrons. The lowest BCUT2D eigenvalue weighted by Gasteiger charge is -2.24. The second kappa shape index (κ2) is 4.10. The lowest BCUT2D eigenvalue weighted by atomic mass is 10.2. The molecular formula is C8H15NO3S2. The number of hydrogen-bond acceptors (Lipinski definition) is 4. The van der Waals surface area contributed by atoms with Crippen molar-refractivity contribution < 1.29 is 13.2 Å². The molecule has 0 aromatic heterocycles. The molecule has 0 aliphatic carbocycles. The van der Waals surface area contributed by atoms with Crippen LogP contribution in [0, 0.1) is 0 Å². The fourth-order valence-electron chi connectivity index (χ4n) is 1.56. The number of sulfone groups is 1. The first kappa shape index (κ1) is 11.8. The minimum atomic E-state index is -2.92. The van der Waals surface area contributed by atoms with Gasteiger partial charge in [0.25, 0.3) is 0 Å². The Balaban J connectivity index is 2.64. The first-order chi connectivity index (χ1) is 6.33. The lowest BCUT2D eigenvalue weighted by Crippen LogP contribution is -2.41. The number of hydrogen-bond donors (Lipinski definition) is 1. The molecule has 2 unspecified atom stereocenters. The van der Waals surface area contributed by atoms with Gasteiger partial charge in [-0.1, -0.05) is 0 Å². The van der Waals surface area contributed by atoms with Crippen LogP contribution in [0.1, 0.15) is 13.3 Å². The third-order valence-electron chi connectivity index (χ3n) is 2.46. The van der Waals surface area contributed by atoms with Crippen LogP contribution < -0.4 is 0 Å². The smallest absolute Gasteiger partial charge is 0.235 e. The van der Waals surface area contributed by atoms with Crippen molar-refractivity contribution in [1.82, 2.24) is 4.90 Å². The molecule has 0 aromatic rings. The largest absolute Gasteiger partial charge is 0.341 e. The van der Waals surface area contributed by atoms with Crippen molar-refractivity contribution in [3.8, 4) is 0 Å². The Hall–Kier alpha value is -0.230. The maximum absolute atomic E-state index is 11.5. The fraction of sp³-hybridized carbons (Fsp3) is 0.875. The van der Waals surface area contributed by atoms with Crippen molar-refractivity contribution in [3.63, 3.8) is 0 Å². The van der Waals surface area contributed by atoms with Gasteiger partial charge in [-0.15, -0.1) is 0 Å². The number of rotatable bonds is 2. The molecule has 2 atom stereocenters. The van der Waals surface area contributed by atoms with Gasteiger partial charge >= 0.3 is 0 Å². The summed E-state index contributed by atoms with van der Waals surface area (Å²) in [5.41, 5.74) is 0. The number of carbonyl (C=O) groups is 1. The maximum atomic E-state index is 11.5. The molecule has 0 aromatic carbocycles. The van der Waals surface area contributed by atoms with Crippen molar-refractivity contribution in [1.29, 1.82) is 0 Å². The molecule has 1 heterocycles. The van der Waals surface area contributed by atoms with Crippen LogP contribution in [0.2, 0.25) is 0 Å². The van der Waals surface area contributed by atoms with Gasteiger partial charge < -0.3 is 4.90 Å². The predicted molar refractivity (Wildman–Crippen MR) is 58.3 cm³/mol. The summed E-state index contributed by atoms with van der Waals surface area (Å²) in [5, 5.41) is -0.372. The Morgan fingerprint density at radius 2 is 2.14 bits per heavy atom. The Morgan fingerprint density at radius 1 is 1.57 bits per heavy atom. The number of nitrogens with zero attached hydrogens (tertiary/aromatic N) is 1. The molecule has 1 fully saturated rings. The summed E-state index contributed by atoms with van der Waals surface area (Å²) in [6, 6.07) is -0.165. The summed E-state index contributed by atoms with van der Waals surface area (Å²) in [5.74, 6) is 0.168. The molecule has 0 bridgehead atoms. The van der Waals surface area contributed by atoms with Gasteiger partial charge in [-0.25, -0.2) is 8.42 Å². The fourth-order valence-corrected chi connectivity index (χ4v) is 3.51. The SMILES string of the molecule is CC(S)C(=O)N(C)C1CCS(=O)(=O)C1. The minimum Gasteiger partial charge on any atom is -0.341 e. The highest BCUT2D eigenvalue weighted by Gasteiger charge is 2.33. The molecule has 82 valence electrons. The number of thiol groups is 1. The van der Waals surface area contributed by atoms with Gasteiger partial charge in [0.15, 0.2) is 9.84 Å². The van der Waals surface area contributed by atoms with Gasteiger partial charge in [0, 0.05) is 13.1 Å². The van der Waals surface area contributed by atoms with E-state index in [9.17, 15) is 13.2 Å². The monoisotopic (exact) mass is 237 g/mol. The van der Waals surface area contributed by atoms with E-state index in [0.29, 0.717) is 6.42 Å². The molecule has 1 rings (SSSR count). The quantitative estimate of drug-likeness (QED) is 0.685. The zero-order valence-electron chi connectivity index (χ0n) is 8.30. The van der Waals surface area contributed by atoms with Crippen LogP contribution in [0.15, 0.2) is 0 Å². The molecule has 1 amide bonds. The zero-order valence-corrected chi connectivity index (χ0v) is 10.0. The molecule has 4 nitrogen and oxygen atoms in total. The molecule has 0 N–H and O–H groups in total. The van der Waals surface area contributed by atoms with Crippen LogP contribution in [0.3, 0.4) is 0 Å². The van der Waals surface area contributed by atoms with Crippen molar-refractivity contribution in [3.05, 3.63) is 0 Å². The number of amides is 1. The van der Waals surface area contributed by atoms with Crippen molar-refractivity contribution >= 4 is 28.4 Å². The summed E-state index contributed by atoms with van der Waals surface area (Å²) < 4.78 is 22.4. The van der Waals surface area contributed by atoms with Crippen LogP contribution in [0.25, 0.3) is 0 Å². The standard InChI is InChI=1S/C8H15NO3S2/c1-6(13)8(10)9(2)7-3-4-14(11,12)5-7/h6-7,13H,3-5H2,1-2H3. The summed E-state index contributed by atoms with van der Waals surface area (Å²) in [4.78, 5) is 13.0. The van der Waals surface area contributed by atoms with Crippen molar-refractivity contribution in [2.75, 3.05) is 18.6 Å². The second-order valence-electron chi connectivity index (χ2n) is 3.68. The lowest BCUT2D eigenvalue weighted by molar-refractivity contribution is -0.130. The van der Waals surface area contributed by atoms with Gasteiger partial charge in [0.2, 0.25) is 5.91 Å². The topological polar surface area (TPSA) is 54.5 Å². The molecule has 1 aliphatic rings. The zero-order chi connectivity index (χ0) is 10.9. The van der Waals surface area contributed by atoms with E-state index >= 15 is 0 Å². The van der Waals surface area contributed by atoms with Crippen LogP contribution in [0.4, 0.5) is 0 Å². The van der Waals surface area contributed by atoms with E-state index in [2.05, 4.69) is 12.6 Å². The highest BCUT2D eigenvalue weighted by molar-refractivity contribution is 7.91. The predicted octanol–water partition coefficient (Wildman–Crippen LogP) is -0.0498. The Bertz CT molecular complexity index is 323. The van der Waals surface area contributed by atoms with Crippen molar-refractivity contribution in [2.24, 2.45) is 0 Å². The van der Waals surface area contributed by atoms with Gasteiger partial charge in [0.1, 0.15) is 0 Å². The first-order valence-corrected chi connectivity index (χ1v) is 6.82. The number of carbonyl (C=O) groups excluding carboxylic acids is 1. The van der Waals surface area contributed by atoms with Crippen LogP contribution in [-0.2, 0) is 14.6 Å². The second-order valence-corrected chi connectivity index (χ2v) is 6.69. The highest BCUT2D eigenvalue weighted by atomic mass is 32.2. The van der Waals surface area contributed by atoms with Gasteiger partial charge in [0.05, 0.1) is 16.8 Å². The Labute approximate surface area is 90.0 Å². The molecule has 0 spiro atoms. The highest BCUT2D eigenvalue weighted by Crippen LogP contribution is 2.17. The van der Waals surface area contributed by atoms with Crippen LogP contribution >= 0.6 is 12.6 Å². The summed E-state index contributed by atoms with van der Waals surface area (Å²) >= 11 is 4.03. The molecule has 1 saturated heterocycles. The van der Waals surface area contributed by atoms with E-state index in [-0.39, 0.29) is 28.7 Å². The molecular weight excluding hydrogens is 222 g/mol. The van der Waals surface area contributed by atoms with E-state index in [1.807, 2.05) is 0 Å². The molecule has 0 saturated carbocycles. The Kier molecular flexibility index (Phi) is 3.47. The molecule has 6 heteroatoms. The van der Waals surface area contributed by atoms with Gasteiger partial charge in [-0.3, -0.25) is 4.79 Å². The minimum absolute atomic E-state index is 0.0930. The summed E-state index contributed by atoms with van der Waals surface area (Å²) in [6.07, 6.45) is 0.547. The van der Waals surface area contributed by atoms with Gasteiger partial charge in [-0.2, -0.15) is 12.6 Å². The first-order valence-electron chi connectivity index (χ1n) is 4.48. The van der Waals surface area contributed by atoms with Crippen LogP contribution in [-0.4, -0.2) is 49.1 Å². The van der Waals surface area contributed by atoms with Crippen molar-refractivity contribution in [2.45, 2.75) is 24.6 Å². The maximum Gasteiger partial charge on any atom is 0.235 e. The van der Waals surface area contributed by atoms with E-state index in [4.69, 9.17) is 0 Å². The van der Waals surface area contributed by atoms with Gasteiger partial charge in [-0.05, 0) is 13.3 Å². The average molecular weight is 237 g/mol. The van der Waals surface area contributed by atoms with E-state index in [1.165, 1.54) is 4.90 Å².